The van der Waals surface area contributed by atoms with Gasteiger partial charge in [-0.25, -0.2) is 0 Å². The van der Waals surface area contributed by atoms with Gasteiger partial charge in [-0.1, -0.05) is 74.5 Å². The molecule has 128 valence electrons. The minimum absolute atomic E-state index is 0.302. The molecule has 0 saturated heterocycles. The molecule has 2 rings (SSSR count). The maximum absolute atomic E-state index is 11.9. The van der Waals surface area contributed by atoms with Gasteiger partial charge in [0.1, 0.15) is 13.2 Å². The molecule has 0 aliphatic rings. The Morgan fingerprint density at radius 2 is 1.12 bits per heavy atom. The number of rotatable bonds is 10. The van der Waals surface area contributed by atoms with E-state index in [1.54, 1.807) is 0 Å². The van der Waals surface area contributed by atoms with Crippen LogP contribution in [0.3, 0.4) is 0 Å². The fourth-order valence-electron chi connectivity index (χ4n) is 2.56. The molecule has 0 N–H and O–H groups in total. The number of benzene rings is 2. The zero-order chi connectivity index (χ0) is 17.2. The molecule has 0 aromatic heterocycles. The molecule has 24 heavy (non-hydrogen) atoms. The van der Waals surface area contributed by atoms with E-state index in [2.05, 4.69) is 38.1 Å². The Hall–Kier alpha value is -1.54. The van der Waals surface area contributed by atoms with Crippen molar-refractivity contribution in [1.82, 2.24) is 0 Å². The predicted octanol–water partition coefficient (Wildman–Crippen LogP) is 5.43. The minimum atomic E-state index is -2.04. The molecule has 0 saturated carbocycles. The van der Waals surface area contributed by atoms with Crippen molar-refractivity contribution in [3.05, 3.63) is 71.8 Å². The summed E-state index contributed by atoms with van der Waals surface area (Å²) in [7, 11) is -2.04. The number of hydrogen-bond acceptors (Lipinski definition) is 3. The highest BCUT2D eigenvalue weighted by Gasteiger charge is 2.23. The first kappa shape index (κ1) is 18.8. The Bertz CT molecular complexity index is 547. The van der Waals surface area contributed by atoms with E-state index in [0.717, 1.165) is 12.8 Å². The van der Waals surface area contributed by atoms with Crippen LogP contribution in [-0.2, 0) is 26.5 Å². The Labute approximate surface area is 146 Å². The summed E-state index contributed by atoms with van der Waals surface area (Å²) in [6.07, 6.45) is 1.82. The summed E-state index contributed by atoms with van der Waals surface area (Å²) in [5.41, 5.74) is 2.53. The third-order valence-electron chi connectivity index (χ3n) is 3.78. The van der Waals surface area contributed by atoms with Crippen LogP contribution in [0, 0.1) is 11.8 Å². The average Bonchev–Trinajstić information content (AvgIpc) is 2.60. The predicted molar refractivity (Wildman–Crippen MR) is 98.1 cm³/mol. The third-order valence-corrected chi connectivity index (χ3v) is 4.50. The summed E-state index contributed by atoms with van der Waals surface area (Å²) in [5, 5.41) is 0. The van der Waals surface area contributed by atoms with Crippen LogP contribution in [0.1, 0.15) is 25.0 Å². The van der Waals surface area contributed by atoms with Gasteiger partial charge in [0.15, 0.2) is 0 Å². The van der Waals surface area contributed by atoms with Crippen LogP contribution in [0.15, 0.2) is 60.7 Å². The van der Waals surface area contributed by atoms with Gasteiger partial charge in [0, 0.05) is 4.57 Å². The van der Waals surface area contributed by atoms with Gasteiger partial charge in [-0.2, -0.15) is 0 Å². The smallest absolute Gasteiger partial charge is 0.119 e. The van der Waals surface area contributed by atoms with Gasteiger partial charge in [0.25, 0.3) is 0 Å². The second-order valence-electron chi connectivity index (χ2n) is 6.40. The molecule has 4 heteroatoms. The summed E-state index contributed by atoms with van der Waals surface area (Å²) >= 11 is 0. The third kappa shape index (κ3) is 7.35. The SMILES string of the molecule is CC(CO[P+](=O)OCC(C)Cc1ccccc1)Cc1ccccc1. The molecular weight excluding hydrogens is 319 g/mol. The van der Waals surface area contributed by atoms with Crippen molar-refractivity contribution in [3.8, 4) is 0 Å². The monoisotopic (exact) mass is 345 g/mol. The van der Waals surface area contributed by atoms with Gasteiger partial charge in [0.05, 0.1) is 0 Å². The van der Waals surface area contributed by atoms with Crippen molar-refractivity contribution in [2.45, 2.75) is 26.7 Å². The van der Waals surface area contributed by atoms with E-state index in [1.807, 2.05) is 36.4 Å². The lowest BCUT2D eigenvalue weighted by Crippen LogP contribution is -2.09. The van der Waals surface area contributed by atoms with E-state index in [1.165, 1.54) is 11.1 Å². The Balaban J connectivity index is 1.62. The molecular formula is C20H26O3P+. The summed E-state index contributed by atoms with van der Waals surface area (Å²) < 4.78 is 22.6. The van der Waals surface area contributed by atoms with E-state index in [0.29, 0.717) is 25.0 Å². The molecule has 0 heterocycles. The molecule has 0 aliphatic heterocycles. The van der Waals surface area contributed by atoms with Gasteiger partial charge < -0.3 is 0 Å². The van der Waals surface area contributed by atoms with Gasteiger partial charge >= 0.3 is 8.25 Å². The van der Waals surface area contributed by atoms with Crippen molar-refractivity contribution < 1.29 is 13.6 Å². The molecule has 0 amide bonds. The lowest BCUT2D eigenvalue weighted by molar-refractivity contribution is 0.184. The molecule has 2 atom stereocenters. The van der Waals surface area contributed by atoms with Crippen molar-refractivity contribution in [2.24, 2.45) is 11.8 Å². The average molecular weight is 345 g/mol. The molecule has 0 aliphatic carbocycles. The lowest BCUT2D eigenvalue weighted by Gasteiger charge is -2.08. The van der Waals surface area contributed by atoms with Crippen molar-refractivity contribution >= 4 is 8.25 Å². The van der Waals surface area contributed by atoms with E-state index < -0.39 is 8.25 Å². The zero-order valence-electron chi connectivity index (χ0n) is 14.4. The highest BCUT2D eigenvalue weighted by molar-refractivity contribution is 7.33. The molecule has 2 aromatic rings. The van der Waals surface area contributed by atoms with Crippen LogP contribution in [0.25, 0.3) is 0 Å². The Morgan fingerprint density at radius 1 is 0.750 bits per heavy atom. The summed E-state index contributed by atoms with van der Waals surface area (Å²) in [5.74, 6) is 0.605. The maximum Gasteiger partial charge on any atom is 0.697 e. The molecule has 3 nitrogen and oxygen atoms in total. The Morgan fingerprint density at radius 3 is 1.50 bits per heavy atom. The van der Waals surface area contributed by atoms with Gasteiger partial charge in [-0.05, 0) is 35.8 Å². The zero-order valence-corrected chi connectivity index (χ0v) is 15.3. The van der Waals surface area contributed by atoms with Crippen molar-refractivity contribution in [1.29, 1.82) is 0 Å². The molecule has 0 bridgehead atoms. The fourth-order valence-corrected chi connectivity index (χ4v) is 3.39. The molecule has 0 radical (unpaired) electrons. The molecule has 2 unspecified atom stereocenters. The van der Waals surface area contributed by atoms with Gasteiger partial charge in [-0.15, -0.1) is 9.05 Å². The Kier molecular flexibility index (Phi) is 8.11. The molecule has 0 fully saturated rings. The van der Waals surface area contributed by atoms with Crippen molar-refractivity contribution in [2.75, 3.05) is 13.2 Å². The quantitative estimate of drug-likeness (QED) is 0.538. The second kappa shape index (κ2) is 10.4. The van der Waals surface area contributed by atoms with Crippen LogP contribution in [0.2, 0.25) is 0 Å². The topological polar surface area (TPSA) is 35.5 Å². The van der Waals surface area contributed by atoms with Gasteiger partial charge in [-0.3, -0.25) is 0 Å². The van der Waals surface area contributed by atoms with E-state index in [4.69, 9.17) is 9.05 Å². The minimum Gasteiger partial charge on any atom is -0.119 e. The van der Waals surface area contributed by atoms with E-state index in [9.17, 15) is 4.57 Å². The first-order valence-electron chi connectivity index (χ1n) is 8.44. The van der Waals surface area contributed by atoms with Crippen LogP contribution in [0.5, 0.6) is 0 Å². The molecule has 0 spiro atoms. The van der Waals surface area contributed by atoms with E-state index >= 15 is 0 Å². The van der Waals surface area contributed by atoms with Crippen molar-refractivity contribution in [3.63, 3.8) is 0 Å². The van der Waals surface area contributed by atoms with Crippen LogP contribution < -0.4 is 0 Å². The summed E-state index contributed by atoms with van der Waals surface area (Å²) in [6.45, 7) is 5.07. The van der Waals surface area contributed by atoms with E-state index in [-0.39, 0.29) is 0 Å². The van der Waals surface area contributed by atoms with Crippen LogP contribution in [0.4, 0.5) is 0 Å². The first-order valence-corrected chi connectivity index (χ1v) is 9.54. The van der Waals surface area contributed by atoms with Gasteiger partial charge in [0.2, 0.25) is 0 Å². The fraction of sp³-hybridized carbons (Fsp3) is 0.400. The highest BCUT2D eigenvalue weighted by atomic mass is 31.1. The lowest BCUT2D eigenvalue weighted by atomic mass is 10.0. The normalized spacial score (nSPS) is 14.2. The standard InChI is InChI=1S/C20H26O3P/c1-17(13-19-9-5-3-6-10-19)15-22-24(21)23-16-18(2)14-20-11-7-4-8-12-20/h3-12,17-18H,13-16H2,1-2H3/q+1. The number of hydrogen-bond donors (Lipinski definition) is 0. The van der Waals surface area contributed by atoms with Crippen LogP contribution >= 0.6 is 8.25 Å². The summed E-state index contributed by atoms with van der Waals surface area (Å²) in [4.78, 5) is 0. The molecule has 2 aromatic carbocycles. The second-order valence-corrected chi connectivity index (χ2v) is 7.37. The highest BCUT2D eigenvalue weighted by Crippen LogP contribution is 2.27. The summed E-state index contributed by atoms with van der Waals surface area (Å²) in [6, 6.07) is 20.5. The first-order chi connectivity index (χ1) is 11.6. The van der Waals surface area contributed by atoms with Crippen LogP contribution in [-0.4, -0.2) is 13.2 Å². The maximum atomic E-state index is 11.9. The largest absolute Gasteiger partial charge is 0.697 e.